The predicted octanol–water partition coefficient (Wildman–Crippen LogP) is 4.40. The van der Waals surface area contributed by atoms with Gasteiger partial charge in [-0.05, 0) is 70.7 Å². The third kappa shape index (κ3) is 9.70. The second kappa shape index (κ2) is 15.1. The van der Waals surface area contributed by atoms with Gasteiger partial charge in [0.1, 0.15) is 17.7 Å². The van der Waals surface area contributed by atoms with Crippen molar-refractivity contribution in [2.45, 2.75) is 79.0 Å². The molecule has 0 fully saturated rings. The second-order valence-corrected chi connectivity index (χ2v) is 10.6. The number of amides is 3. The molecule has 9 heteroatoms. The van der Waals surface area contributed by atoms with Crippen LogP contribution in [-0.4, -0.2) is 60.1 Å². The van der Waals surface area contributed by atoms with Gasteiger partial charge in [0, 0.05) is 19.5 Å². The van der Waals surface area contributed by atoms with Gasteiger partial charge >= 0.3 is 12.1 Å². The molecular weight excluding hydrogens is 510 g/mol. The molecule has 0 aromatic heterocycles. The zero-order valence-electron chi connectivity index (χ0n) is 24.7. The Morgan fingerprint density at radius 3 is 2.23 bits per heavy atom. The molecule has 0 aliphatic carbocycles. The monoisotopic (exact) mass is 553 g/mol. The molecule has 2 aromatic carbocycles. The van der Waals surface area contributed by atoms with E-state index in [2.05, 4.69) is 10.6 Å². The molecule has 218 valence electrons. The summed E-state index contributed by atoms with van der Waals surface area (Å²) in [5, 5.41) is 5.54. The highest BCUT2D eigenvalue weighted by atomic mass is 16.6. The molecule has 2 aromatic rings. The Kier molecular flexibility index (Phi) is 12.2. The van der Waals surface area contributed by atoms with Gasteiger partial charge in [-0.2, -0.15) is 0 Å². The number of rotatable bonds is 12. The van der Waals surface area contributed by atoms with E-state index in [0.29, 0.717) is 5.56 Å². The summed E-state index contributed by atoms with van der Waals surface area (Å²) in [7, 11) is 0. The van der Waals surface area contributed by atoms with Crippen LogP contribution in [0.2, 0.25) is 0 Å². The van der Waals surface area contributed by atoms with Gasteiger partial charge in [0.15, 0.2) is 0 Å². The summed E-state index contributed by atoms with van der Waals surface area (Å²) in [5.74, 6) is -1.27. The van der Waals surface area contributed by atoms with E-state index in [9.17, 15) is 19.2 Å². The number of nitrogens with zero attached hydrogens (tertiary/aromatic N) is 1. The first-order chi connectivity index (χ1) is 18.9. The highest BCUT2D eigenvalue weighted by molar-refractivity contribution is 5.92. The molecule has 2 unspecified atom stereocenters. The fourth-order valence-corrected chi connectivity index (χ4v) is 4.30. The van der Waals surface area contributed by atoms with E-state index < -0.39 is 41.6 Å². The zero-order chi connectivity index (χ0) is 29.9. The first kappa shape index (κ1) is 32.3. The summed E-state index contributed by atoms with van der Waals surface area (Å²) in [6.45, 7) is 13.1. The fourth-order valence-electron chi connectivity index (χ4n) is 4.30. The first-order valence-electron chi connectivity index (χ1n) is 13.7. The summed E-state index contributed by atoms with van der Waals surface area (Å²) in [5.41, 5.74) is 2.60. The van der Waals surface area contributed by atoms with Crippen molar-refractivity contribution in [1.82, 2.24) is 15.5 Å². The SMILES string of the molecule is CCOC(=O)CCNC(=O)C(c1cccc(C)c1C)N(CC)C(=O)C(Cc1ccccc1)NC(=O)OC(C)(C)C. The average molecular weight is 554 g/mol. The van der Waals surface area contributed by atoms with Crippen molar-refractivity contribution in [3.05, 3.63) is 70.8 Å². The summed E-state index contributed by atoms with van der Waals surface area (Å²) < 4.78 is 10.4. The molecule has 2 rings (SSSR count). The van der Waals surface area contributed by atoms with Crippen LogP contribution in [0.5, 0.6) is 0 Å². The van der Waals surface area contributed by atoms with Gasteiger partial charge in [0.25, 0.3) is 0 Å². The Bertz CT molecular complexity index is 1160. The highest BCUT2D eigenvalue weighted by Crippen LogP contribution is 2.27. The van der Waals surface area contributed by atoms with Crippen LogP contribution in [0, 0.1) is 13.8 Å². The van der Waals surface area contributed by atoms with E-state index in [1.165, 1.54) is 4.90 Å². The number of nitrogens with one attached hydrogen (secondary N) is 2. The van der Waals surface area contributed by atoms with Crippen LogP contribution >= 0.6 is 0 Å². The van der Waals surface area contributed by atoms with E-state index in [-0.39, 0.29) is 32.5 Å². The van der Waals surface area contributed by atoms with Crippen LogP contribution in [0.4, 0.5) is 4.79 Å². The van der Waals surface area contributed by atoms with Crippen molar-refractivity contribution in [3.63, 3.8) is 0 Å². The van der Waals surface area contributed by atoms with Crippen LogP contribution in [0.25, 0.3) is 0 Å². The number of likely N-dealkylation sites (N-methyl/N-ethyl adjacent to an activating group) is 1. The van der Waals surface area contributed by atoms with Gasteiger partial charge in [-0.25, -0.2) is 4.79 Å². The molecule has 0 saturated heterocycles. The minimum absolute atomic E-state index is 0.00992. The summed E-state index contributed by atoms with van der Waals surface area (Å²) >= 11 is 0. The van der Waals surface area contributed by atoms with Crippen LogP contribution in [0.1, 0.15) is 69.3 Å². The van der Waals surface area contributed by atoms with Crippen molar-refractivity contribution in [3.8, 4) is 0 Å². The molecule has 0 aliphatic heterocycles. The lowest BCUT2D eigenvalue weighted by atomic mass is 9.94. The van der Waals surface area contributed by atoms with Gasteiger partial charge in [0.2, 0.25) is 11.8 Å². The number of benzene rings is 2. The number of carbonyl (C=O) groups excluding carboxylic acids is 4. The smallest absolute Gasteiger partial charge is 0.408 e. The molecular formula is C31H43N3O6. The molecule has 0 heterocycles. The number of carbonyl (C=O) groups is 4. The van der Waals surface area contributed by atoms with E-state index in [1.807, 2.05) is 62.4 Å². The number of esters is 1. The van der Waals surface area contributed by atoms with Crippen molar-refractivity contribution >= 4 is 23.9 Å². The molecule has 9 nitrogen and oxygen atoms in total. The standard InChI is InChI=1S/C31H43N3O6/c1-8-34(29(37)25(20-23-15-11-10-12-16-23)33-30(38)40-31(5,6)7)27(24-17-13-14-21(3)22(24)4)28(36)32-19-18-26(35)39-9-2/h10-17,25,27H,8-9,18-20H2,1-7H3,(H,32,36)(H,33,38). The molecule has 2 atom stereocenters. The lowest BCUT2D eigenvalue weighted by molar-refractivity contribution is -0.144. The topological polar surface area (TPSA) is 114 Å². The molecule has 0 aliphatic rings. The Labute approximate surface area is 237 Å². The predicted molar refractivity (Wildman–Crippen MR) is 154 cm³/mol. The van der Waals surface area contributed by atoms with Crippen molar-refractivity contribution < 1.29 is 28.7 Å². The van der Waals surface area contributed by atoms with Crippen LogP contribution in [0.3, 0.4) is 0 Å². The largest absolute Gasteiger partial charge is 0.466 e. The summed E-state index contributed by atoms with van der Waals surface area (Å²) in [6, 6.07) is 13.0. The first-order valence-corrected chi connectivity index (χ1v) is 13.7. The van der Waals surface area contributed by atoms with Crippen molar-refractivity contribution in [2.75, 3.05) is 19.7 Å². The maximum Gasteiger partial charge on any atom is 0.408 e. The summed E-state index contributed by atoms with van der Waals surface area (Å²) in [6.07, 6.45) is -0.505. The van der Waals surface area contributed by atoms with Crippen LogP contribution in [0.15, 0.2) is 48.5 Å². The number of alkyl carbamates (subject to hydrolysis) is 1. The number of hydrogen-bond acceptors (Lipinski definition) is 6. The lowest BCUT2D eigenvalue weighted by Gasteiger charge is -2.34. The Hall–Kier alpha value is -3.88. The average Bonchev–Trinajstić information content (AvgIpc) is 2.88. The van der Waals surface area contributed by atoms with Gasteiger partial charge < -0.3 is 25.0 Å². The summed E-state index contributed by atoms with van der Waals surface area (Å²) in [4.78, 5) is 53.9. The van der Waals surface area contributed by atoms with E-state index in [1.54, 1.807) is 34.6 Å². The maximum atomic E-state index is 14.2. The molecule has 2 N–H and O–H groups in total. The minimum Gasteiger partial charge on any atom is -0.466 e. The number of hydrogen-bond donors (Lipinski definition) is 2. The maximum absolute atomic E-state index is 14.2. The van der Waals surface area contributed by atoms with Gasteiger partial charge in [-0.1, -0.05) is 48.5 Å². The molecule has 0 spiro atoms. The zero-order valence-corrected chi connectivity index (χ0v) is 24.7. The Morgan fingerprint density at radius 1 is 0.950 bits per heavy atom. The fraction of sp³-hybridized carbons (Fsp3) is 0.484. The molecule has 40 heavy (non-hydrogen) atoms. The quantitative estimate of drug-likeness (QED) is 0.377. The van der Waals surface area contributed by atoms with Gasteiger partial charge in [-0.3, -0.25) is 14.4 Å². The minimum atomic E-state index is -0.989. The van der Waals surface area contributed by atoms with Crippen LogP contribution in [-0.2, 0) is 30.3 Å². The molecule has 0 bridgehead atoms. The molecule has 0 saturated carbocycles. The highest BCUT2D eigenvalue weighted by Gasteiger charge is 2.36. The molecule has 3 amide bonds. The number of aryl methyl sites for hydroxylation is 1. The van der Waals surface area contributed by atoms with Crippen molar-refractivity contribution in [2.24, 2.45) is 0 Å². The lowest BCUT2D eigenvalue weighted by Crippen LogP contribution is -2.54. The van der Waals surface area contributed by atoms with Gasteiger partial charge in [-0.15, -0.1) is 0 Å². The van der Waals surface area contributed by atoms with E-state index in [0.717, 1.165) is 16.7 Å². The normalized spacial score (nSPS) is 12.6. The molecule has 0 radical (unpaired) electrons. The van der Waals surface area contributed by atoms with Crippen LogP contribution < -0.4 is 10.6 Å². The third-order valence-corrected chi connectivity index (χ3v) is 6.33. The van der Waals surface area contributed by atoms with E-state index >= 15 is 0 Å². The van der Waals surface area contributed by atoms with E-state index in [4.69, 9.17) is 9.47 Å². The third-order valence-electron chi connectivity index (χ3n) is 6.33. The van der Waals surface area contributed by atoms with Crippen molar-refractivity contribution in [1.29, 1.82) is 0 Å². The Balaban J connectivity index is 2.45. The Morgan fingerprint density at radius 2 is 1.62 bits per heavy atom. The number of ether oxygens (including phenoxy) is 2. The van der Waals surface area contributed by atoms with Gasteiger partial charge in [0.05, 0.1) is 13.0 Å². The second-order valence-electron chi connectivity index (χ2n) is 10.6.